The molecule has 0 saturated carbocycles. The zero-order valence-electron chi connectivity index (χ0n) is 11.4. The molecule has 0 aromatic heterocycles. The van der Waals surface area contributed by atoms with Gasteiger partial charge in [0, 0.05) is 38.1 Å². The Labute approximate surface area is 105 Å². The molecular weight excluding hydrogens is 210 g/mol. The van der Waals surface area contributed by atoms with Crippen LogP contribution < -0.4 is 16.0 Å². The van der Waals surface area contributed by atoms with Gasteiger partial charge in [-0.15, -0.1) is 0 Å². The van der Waals surface area contributed by atoms with Crippen LogP contribution >= 0.6 is 0 Å². The molecule has 3 heteroatoms. The average Bonchev–Trinajstić information content (AvgIpc) is 2.26. The number of nitrogens with two attached hydrogens (primary N) is 1. The Morgan fingerprint density at radius 3 is 2.24 bits per heavy atom. The molecule has 17 heavy (non-hydrogen) atoms. The van der Waals surface area contributed by atoms with E-state index < -0.39 is 0 Å². The molecule has 0 heterocycles. The van der Waals surface area contributed by atoms with Gasteiger partial charge in [0.2, 0.25) is 0 Å². The normalized spacial score (nSPS) is 12.6. The maximum atomic E-state index is 6.03. The standard InChI is InChI=1S/C14H25N3/c1-11(2)9-12(15)10-16-13-5-7-14(8-6-13)17(3)4/h5-8,11-12,16H,9-10,15H2,1-4H3. The van der Waals surface area contributed by atoms with Crippen LogP contribution in [-0.2, 0) is 0 Å². The number of nitrogens with one attached hydrogen (secondary N) is 1. The lowest BCUT2D eigenvalue weighted by Gasteiger charge is -2.17. The van der Waals surface area contributed by atoms with E-state index in [1.165, 1.54) is 5.69 Å². The fourth-order valence-corrected chi connectivity index (χ4v) is 1.82. The Kier molecular flexibility index (Phi) is 5.29. The first kappa shape index (κ1) is 13.8. The van der Waals surface area contributed by atoms with Crippen LogP contribution in [0.15, 0.2) is 24.3 Å². The molecule has 0 fully saturated rings. The largest absolute Gasteiger partial charge is 0.383 e. The Morgan fingerprint density at radius 2 is 1.76 bits per heavy atom. The molecule has 3 nitrogen and oxygen atoms in total. The van der Waals surface area contributed by atoms with Gasteiger partial charge in [-0.2, -0.15) is 0 Å². The molecule has 1 aromatic rings. The summed E-state index contributed by atoms with van der Waals surface area (Å²) in [6.45, 7) is 5.23. The van der Waals surface area contributed by atoms with E-state index in [9.17, 15) is 0 Å². The van der Waals surface area contributed by atoms with Crippen LogP contribution in [0.5, 0.6) is 0 Å². The van der Waals surface area contributed by atoms with Crippen LogP contribution in [-0.4, -0.2) is 26.7 Å². The van der Waals surface area contributed by atoms with Crippen LogP contribution in [0.2, 0.25) is 0 Å². The van der Waals surface area contributed by atoms with E-state index in [1.807, 2.05) is 14.1 Å². The van der Waals surface area contributed by atoms with Gasteiger partial charge in [0.1, 0.15) is 0 Å². The summed E-state index contributed by atoms with van der Waals surface area (Å²) in [6.07, 6.45) is 1.06. The lowest BCUT2D eigenvalue weighted by atomic mass is 10.0. The predicted octanol–water partition coefficient (Wildman–Crippen LogP) is 2.54. The van der Waals surface area contributed by atoms with Crippen LogP contribution in [0.25, 0.3) is 0 Å². The Bertz CT molecular complexity index is 317. The third kappa shape index (κ3) is 5.09. The van der Waals surface area contributed by atoms with Crippen molar-refractivity contribution in [3.63, 3.8) is 0 Å². The van der Waals surface area contributed by atoms with Crippen LogP contribution in [0.3, 0.4) is 0 Å². The molecule has 0 bridgehead atoms. The van der Waals surface area contributed by atoms with Gasteiger partial charge < -0.3 is 16.0 Å². The predicted molar refractivity (Wildman–Crippen MR) is 76.7 cm³/mol. The number of nitrogens with zero attached hydrogens (tertiary/aromatic N) is 1. The molecule has 0 saturated heterocycles. The molecule has 1 atom stereocenters. The van der Waals surface area contributed by atoms with Gasteiger partial charge in [0.25, 0.3) is 0 Å². The van der Waals surface area contributed by atoms with E-state index in [4.69, 9.17) is 5.73 Å². The molecule has 3 N–H and O–H groups in total. The van der Waals surface area contributed by atoms with Crippen LogP contribution in [0.4, 0.5) is 11.4 Å². The first-order valence-corrected chi connectivity index (χ1v) is 6.26. The molecule has 1 aromatic carbocycles. The third-order valence-electron chi connectivity index (χ3n) is 2.73. The van der Waals surface area contributed by atoms with Crippen LogP contribution in [0.1, 0.15) is 20.3 Å². The van der Waals surface area contributed by atoms with Crippen molar-refractivity contribution >= 4 is 11.4 Å². The minimum atomic E-state index is 0.225. The summed E-state index contributed by atoms with van der Waals surface area (Å²) in [5.74, 6) is 0.655. The van der Waals surface area contributed by atoms with Crippen molar-refractivity contribution in [3.05, 3.63) is 24.3 Å². The maximum Gasteiger partial charge on any atom is 0.0362 e. The molecule has 1 rings (SSSR count). The van der Waals surface area contributed by atoms with Crippen molar-refractivity contribution in [2.24, 2.45) is 11.7 Å². The van der Waals surface area contributed by atoms with Gasteiger partial charge in [-0.25, -0.2) is 0 Å². The van der Waals surface area contributed by atoms with Gasteiger partial charge in [-0.3, -0.25) is 0 Å². The zero-order valence-corrected chi connectivity index (χ0v) is 11.4. The van der Waals surface area contributed by atoms with Gasteiger partial charge >= 0.3 is 0 Å². The fraction of sp³-hybridized carbons (Fsp3) is 0.571. The highest BCUT2D eigenvalue weighted by atomic mass is 15.1. The molecular formula is C14H25N3. The second kappa shape index (κ2) is 6.50. The number of benzene rings is 1. The highest BCUT2D eigenvalue weighted by Crippen LogP contribution is 2.15. The van der Waals surface area contributed by atoms with E-state index in [1.54, 1.807) is 0 Å². The molecule has 0 aliphatic heterocycles. The lowest BCUT2D eigenvalue weighted by Crippen LogP contribution is -2.30. The smallest absolute Gasteiger partial charge is 0.0362 e. The fourth-order valence-electron chi connectivity index (χ4n) is 1.82. The minimum absolute atomic E-state index is 0.225. The molecule has 0 spiro atoms. The van der Waals surface area contributed by atoms with Crippen molar-refractivity contribution < 1.29 is 0 Å². The molecule has 0 radical (unpaired) electrons. The minimum Gasteiger partial charge on any atom is -0.383 e. The highest BCUT2D eigenvalue weighted by Gasteiger charge is 2.05. The topological polar surface area (TPSA) is 41.3 Å². The SMILES string of the molecule is CC(C)CC(N)CNc1ccc(N(C)C)cc1. The summed E-state index contributed by atoms with van der Waals surface area (Å²) in [6, 6.07) is 8.63. The van der Waals surface area contributed by atoms with Crippen molar-refractivity contribution in [1.82, 2.24) is 0 Å². The third-order valence-corrected chi connectivity index (χ3v) is 2.73. The first-order valence-electron chi connectivity index (χ1n) is 6.26. The summed E-state index contributed by atoms with van der Waals surface area (Å²) < 4.78 is 0. The van der Waals surface area contributed by atoms with E-state index in [-0.39, 0.29) is 6.04 Å². The summed E-state index contributed by atoms with van der Waals surface area (Å²) in [5, 5.41) is 3.37. The molecule has 0 amide bonds. The number of hydrogen-bond donors (Lipinski definition) is 2. The number of anilines is 2. The highest BCUT2D eigenvalue weighted by molar-refractivity contribution is 5.54. The first-order chi connectivity index (χ1) is 7.99. The molecule has 1 unspecified atom stereocenters. The van der Waals surface area contributed by atoms with E-state index >= 15 is 0 Å². The Morgan fingerprint density at radius 1 is 1.18 bits per heavy atom. The second-order valence-corrected chi connectivity index (χ2v) is 5.21. The van der Waals surface area contributed by atoms with Crippen molar-refractivity contribution in [2.75, 3.05) is 30.9 Å². The number of hydrogen-bond acceptors (Lipinski definition) is 3. The summed E-state index contributed by atoms with van der Waals surface area (Å²) in [5.41, 5.74) is 8.37. The summed E-state index contributed by atoms with van der Waals surface area (Å²) in [4.78, 5) is 2.09. The Hall–Kier alpha value is -1.22. The van der Waals surface area contributed by atoms with Crippen molar-refractivity contribution in [1.29, 1.82) is 0 Å². The molecule has 96 valence electrons. The lowest BCUT2D eigenvalue weighted by molar-refractivity contribution is 0.508. The Balaban J connectivity index is 2.42. The number of rotatable bonds is 6. The summed E-state index contributed by atoms with van der Waals surface area (Å²) in [7, 11) is 4.09. The molecule has 0 aliphatic carbocycles. The quantitative estimate of drug-likeness (QED) is 0.796. The van der Waals surface area contributed by atoms with Crippen molar-refractivity contribution in [2.45, 2.75) is 26.3 Å². The van der Waals surface area contributed by atoms with E-state index in [0.717, 1.165) is 18.7 Å². The molecule has 0 aliphatic rings. The van der Waals surface area contributed by atoms with Gasteiger partial charge in [0.15, 0.2) is 0 Å². The monoisotopic (exact) mass is 235 g/mol. The van der Waals surface area contributed by atoms with Gasteiger partial charge in [0.05, 0.1) is 0 Å². The summed E-state index contributed by atoms with van der Waals surface area (Å²) >= 11 is 0. The average molecular weight is 235 g/mol. The van der Waals surface area contributed by atoms with E-state index in [2.05, 4.69) is 48.3 Å². The second-order valence-electron chi connectivity index (χ2n) is 5.21. The van der Waals surface area contributed by atoms with Crippen LogP contribution in [0, 0.1) is 5.92 Å². The van der Waals surface area contributed by atoms with Gasteiger partial charge in [-0.05, 0) is 36.6 Å². The zero-order chi connectivity index (χ0) is 12.8. The maximum absolute atomic E-state index is 6.03. The van der Waals surface area contributed by atoms with E-state index in [0.29, 0.717) is 5.92 Å². The van der Waals surface area contributed by atoms with Gasteiger partial charge in [-0.1, -0.05) is 13.8 Å². The van der Waals surface area contributed by atoms with Crippen molar-refractivity contribution in [3.8, 4) is 0 Å².